The van der Waals surface area contributed by atoms with Crippen molar-refractivity contribution in [2.75, 3.05) is 32.7 Å². The number of hydrogen-bond acceptors (Lipinski definition) is 5. The van der Waals surface area contributed by atoms with Gasteiger partial charge in [-0.1, -0.05) is 12.8 Å². The van der Waals surface area contributed by atoms with Crippen LogP contribution in [-0.4, -0.2) is 62.9 Å². The van der Waals surface area contributed by atoms with E-state index in [4.69, 9.17) is 0 Å². The molecule has 2 rings (SSSR count). The smallest absolute Gasteiger partial charge is 0.0221 e. The van der Waals surface area contributed by atoms with Crippen LogP contribution >= 0.6 is 0 Å². The first-order chi connectivity index (χ1) is 10.6. The molecular weight excluding hydrogens is 274 g/mol. The quantitative estimate of drug-likeness (QED) is 0.449. The van der Waals surface area contributed by atoms with Crippen molar-refractivity contribution in [2.24, 2.45) is 0 Å². The molecule has 0 spiro atoms. The van der Waals surface area contributed by atoms with Gasteiger partial charge >= 0.3 is 0 Å². The third-order valence-corrected chi connectivity index (χ3v) is 5.02. The van der Waals surface area contributed by atoms with E-state index < -0.39 is 0 Å². The molecule has 0 aromatic heterocycles. The summed E-state index contributed by atoms with van der Waals surface area (Å²) in [6.45, 7) is 12.0. The molecule has 1 aliphatic heterocycles. The Morgan fingerprint density at radius 1 is 0.545 bits per heavy atom. The van der Waals surface area contributed by atoms with Gasteiger partial charge in [-0.15, -0.1) is 0 Å². The van der Waals surface area contributed by atoms with Crippen LogP contribution in [0.1, 0.15) is 46.5 Å². The SMILES string of the molecule is CC1CNC(C)CNC2CCCCC2NCC(C)NCCN1. The highest BCUT2D eigenvalue weighted by Crippen LogP contribution is 2.18. The van der Waals surface area contributed by atoms with E-state index >= 15 is 0 Å². The molecule has 5 unspecified atom stereocenters. The molecule has 0 bridgehead atoms. The van der Waals surface area contributed by atoms with Crippen LogP contribution in [0.15, 0.2) is 0 Å². The number of hydrogen-bond donors (Lipinski definition) is 5. The molecule has 22 heavy (non-hydrogen) atoms. The van der Waals surface area contributed by atoms with Crippen molar-refractivity contribution in [1.29, 1.82) is 0 Å². The standard InChI is InChI=1S/C17H37N5/c1-13-10-20-15(3)12-22-17-7-5-4-6-16(17)21-11-14(2)19-9-8-18-13/h13-22H,4-12H2,1-3H3. The lowest BCUT2D eigenvalue weighted by atomic mass is 9.90. The predicted molar refractivity (Wildman–Crippen MR) is 94.4 cm³/mol. The minimum absolute atomic E-state index is 0.519. The van der Waals surface area contributed by atoms with E-state index in [1.165, 1.54) is 25.7 Å². The molecule has 0 aromatic carbocycles. The highest BCUT2D eigenvalue weighted by Gasteiger charge is 2.25. The fraction of sp³-hybridized carbons (Fsp3) is 1.00. The highest BCUT2D eigenvalue weighted by molar-refractivity contribution is 4.88. The van der Waals surface area contributed by atoms with E-state index in [2.05, 4.69) is 47.4 Å². The van der Waals surface area contributed by atoms with Gasteiger partial charge in [-0.25, -0.2) is 0 Å². The molecule has 1 aliphatic carbocycles. The zero-order valence-corrected chi connectivity index (χ0v) is 14.8. The second-order valence-corrected chi connectivity index (χ2v) is 7.33. The van der Waals surface area contributed by atoms with Crippen LogP contribution in [0.25, 0.3) is 0 Å². The molecule has 5 nitrogen and oxygen atoms in total. The van der Waals surface area contributed by atoms with Crippen LogP contribution in [0, 0.1) is 0 Å². The van der Waals surface area contributed by atoms with Gasteiger partial charge in [0.1, 0.15) is 0 Å². The first kappa shape index (κ1) is 18.1. The average molecular weight is 312 g/mol. The minimum atomic E-state index is 0.519. The van der Waals surface area contributed by atoms with Crippen molar-refractivity contribution in [2.45, 2.75) is 76.7 Å². The summed E-state index contributed by atoms with van der Waals surface area (Å²) >= 11 is 0. The second kappa shape index (κ2) is 9.83. The molecule has 130 valence electrons. The summed E-state index contributed by atoms with van der Waals surface area (Å²) in [6, 6.07) is 2.83. The molecule has 0 amide bonds. The summed E-state index contributed by atoms with van der Waals surface area (Å²) in [6.07, 6.45) is 5.36. The van der Waals surface area contributed by atoms with Gasteiger partial charge in [0, 0.05) is 62.9 Å². The zero-order chi connectivity index (χ0) is 15.8. The maximum atomic E-state index is 3.80. The fourth-order valence-corrected chi connectivity index (χ4v) is 3.51. The Hall–Kier alpha value is -0.200. The van der Waals surface area contributed by atoms with Crippen LogP contribution in [0.3, 0.4) is 0 Å². The Morgan fingerprint density at radius 2 is 0.955 bits per heavy atom. The van der Waals surface area contributed by atoms with Gasteiger partial charge in [-0.2, -0.15) is 0 Å². The van der Waals surface area contributed by atoms with Gasteiger partial charge in [0.2, 0.25) is 0 Å². The Balaban J connectivity index is 1.88. The van der Waals surface area contributed by atoms with Crippen LogP contribution in [0.4, 0.5) is 0 Å². The van der Waals surface area contributed by atoms with Crippen molar-refractivity contribution in [3.8, 4) is 0 Å². The van der Waals surface area contributed by atoms with Crippen molar-refractivity contribution >= 4 is 0 Å². The molecule has 5 heteroatoms. The lowest BCUT2D eigenvalue weighted by molar-refractivity contribution is 0.271. The van der Waals surface area contributed by atoms with Gasteiger partial charge in [-0.05, 0) is 33.6 Å². The lowest BCUT2D eigenvalue weighted by Crippen LogP contribution is -2.54. The van der Waals surface area contributed by atoms with Gasteiger partial charge in [0.15, 0.2) is 0 Å². The molecule has 1 heterocycles. The van der Waals surface area contributed by atoms with E-state index in [0.717, 1.165) is 32.7 Å². The highest BCUT2D eigenvalue weighted by atomic mass is 15.1. The normalized spacial score (nSPS) is 40.2. The largest absolute Gasteiger partial charge is 0.312 e. The summed E-state index contributed by atoms with van der Waals surface area (Å²) in [5.74, 6) is 0. The summed E-state index contributed by atoms with van der Waals surface area (Å²) < 4.78 is 0. The number of fused-ring (bicyclic) bond motifs is 1. The third-order valence-electron chi connectivity index (χ3n) is 5.02. The Kier molecular flexibility index (Phi) is 8.11. The molecule has 5 N–H and O–H groups in total. The van der Waals surface area contributed by atoms with E-state index in [0.29, 0.717) is 30.2 Å². The molecule has 1 saturated heterocycles. The van der Waals surface area contributed by atoms with Crippen LogP contribution < -0.4 is 26.6 Å². The Labute approximate surface area is 136 Å². The van der Waals surface area contributed by atoms with Gasteiger partial charge in [0.05, 0.1) is 0 Å². The Morgan fingerprint density at radius 3 is 1.45 bits per heavy atom. The molecule has 5 atom stereocenters. The monoisotopic (exact) mass is 311 g/mol. The topological polar surface area (TPSA) is 60.1 Å². The number of rotatable bonds is 0. The summed E-state index contributed by atoms with van der Waals surface area (Å²) in [5.41, 5.74) is 0. The zero-order valence-electron chi connectivity index (χ0n) is 14.8. The van der Waals surface area contributed by atoms with Crippen molar-refractivity contribution in [1.82, 2.24) is 26.6 Å². The summed E-state index contributed by atoms with van der Waals surface area (Å²) in [4.78, 5) is 0. The second-order valence-electron chi connectivity index (χ2n) is 7.33. The molecule has 0 aromatic rings. The number of nitrogens with one attached hydrogen (secondary N) is 5. The minimum Gasteiger partial charge on any atom is -0.312 e. The molecule has 2 fully saturated rings. The molecular formula is C17H37N5. The predicted octanol–water partition coefficient (Wildman–Crippen LogP) is 0.425. The van der Waals surface area contributed by atoms with E-state index in [1.807, 2.05) is 0 Å². The fourth-order valence-electron chi connectivity index (χ4n) is 3.51. The van der Waals surface area contributed by atoms with Crippen LogP contribution in [0.2, 0.25) is 0 Å². The van der Waals surface area contributed by atoms with Gasteiger partial charge in [-0.3, -0.25) is 0 Å². The lowest BCUT2D eigenvalue weighted by Gasteiger charge is -2.34. The van der Waals surface area contributed by atoms with E-state index in [-0.39, 0.29) is 0 Å². The van der Waals surface area contributed by atoms with Gasteiger partial charge < -0.3 is 26.6 Å². The van der Waals surface area contributed by atoms with Crippen LogP contribution in [0.5, 0.6) is 0 Å². The molecule has 1 saturated carbocycles. The third kappa shape index (κ3) is 6.50. The average Bonchev–Trinajstić information content (AvgIpc) is 2.53. The first-order valence-electron chi connectivity index (χ1n) is 9.32. The molecule has 0 radical (unpaired) electrons. The maximum Gasteiger partial charge on any atom is 0.0221 e. The Bertz CT molecular complexity index is 299. The van der Waals surface area contributed by atoms with E-state index in [9.17, 15) is 0 Å². The molecule has 2 aliphatic rings. The summed E-state index contributed by atoms with van der Waals surface area (Å²) in [5, 5.41) is 18.4. The maximum absolute atomic E-state index is 3.80. The first-order valence-corrected chi connectivity index (χ1v) is 9.32. The van der Waals surface area contributed by atoms with Gasteiger partial charge in [0.25, 0.3) is 0 Å². The summed E-state index contributed by atoms with van der Waals surface area (Å²) in [7, 11) is 0. The van der Waals surface area contributed by atoms with Crippen molar-refractivity contribution < 1.29 is 0 Å². The van der Waals surface area contributed by atoms with Crippen molar-refractivity contribution in [3.05, 3.63) is 0 Å². The van der Waals surface area contributed by atoms with Crippen molar-refractivity contribution in [3.63, 3.8) is 0 Å². The van der Waals surface area contributed by atoms with E-state index in [1.54, 1.807) is 0 Å². The van der Waals surface area contributed by atoms with Crippen LogP contribution in [-0.2, 0) is 0 Å².